The number of aryl methyl sites for hydroxylation is 2. The van der Waals surface area contributed by atoms with E-state index in [1.807, 2.05) is 11.3 Å². The third-order valence-corrected chi connectivity index (χ3v) is 4.55. The molecule has 0 radical (unpaired) electrons. The number of rotatable bonds is 5. The summed E-state index contributed by atoms with van der Waals surface area (Å²) >= 11 is 3.66. The third-order valence-electron chi connectivity index (χ3n) is 2.87. The Bertz CT molecular complexity index is 457. The summed E-state index contributed by atoms with van der Waals surface area (Å²) in [7, 11) is 0. The molecule has 0 aliphatic rings. The fourth-order valence-electron chi connectivity index (χ4n) is 2.07. The van der Waals surface area contributed by atoms with Gasteiger partial charge in [-0.05, 0) is 60.8 Å². The van der Waals surface area contributed by atoms with Crippen molar-refractivity contribution in [2.24, 2.45) is 0 Å². The van der Waals surface area contributed by atoms with Crippen molar-refractivity contribution >= 4 is 22.7 Å². The summed E-state index contributed by atoms with van der Waals surface area (Å²) in [6.45, 7) is 7.68. The van der Waals surface area contributed by atoms with Crippen molar-refractivity contribution in [2.45, 2.75) is 33.2 Å². The van der Waals surface area contributed by atoms with E-state index in [1.54, 1.807) is 11.3 Å². The topological polar surface area (TPSA) is 12.0 Å². The predicted octanol–water partition coefficient (Wildman–Crippen LogP) is 4.52. The smallest absolute Gasteiger partial charge is 0.0595 e. The normalized spacial score (nSPS) is 12.9. The quantitative estimate of drug-likeness (QED) is 0.838. The molecule has 17 heavy (non-hydrogen) atoms. The molecule has 0 saturated heterocycles. The van der Waals surface area contributed by atoms with Crippen LogP contribution < -0.4 is 5.32 Å². The summed E-state index contributed by atoms with van der Waals surface area (Å²) in [5.74, 6) is 0. The van der Waals surface area contributed by atoms with Crippen LogP contribution in [0.4, 0.5) is 0 Å². The molecule has 1 atom stereocenters. The molecule has 0 fully saturated rings. The Morgan fingerprint density at radius 3 is 2.71 bits per heavy atom. The molecule has 1 unspecified atom stereocenters. The first-order valence-electron chi connectivity index (χ1n) is 6.04. The summed E-state index contributed by atoms with van der Waals surface area (Å²) < 4.78 is 0. The fraction of sp³-hybridized carbons (Fsp3) is 0.429. The van der Waals surface area contributed by atoms with Crippen molar-refractivity contribution in [1.29, 1.82) is 0 Å². The van der Waals surface area contributed by atoms with Crippen molar-refractivity contribution in [3.05, 3.63) is 43.8 Å². The zero-order chi connectivity index (χ0) is 12.3. The van der Waals surface area contributed by atoms with Gasteiger partial charge in [-0.1, -0.05) is 6.92 Å². The van der Waals surface area contributed by atoms with Crippen LogP contribution in [0.15, 0.2) is 22.9 Å². The minimum Gasteiger partial charge on any atom is -0.306 e. The van der Waals surface area contributed by atoms with E-state index < -0.39 is 0 Å². The van der Waals surface area contributed by atoms with E-state index in [1.165, 1.54) is 27.3 Å². The second kappa shape index (κ2) is 5.80. The average molecular weight is 265 g/mol. The van der Waals surface area contributed by atoms with Crippen LogP contribution in [0, 0.1) is 13.8 Å². The number of thiophene rings is 2. The van der Waals surface area contributed by atoms with Gasteiger partial charge in [0.05, 0.1) is 6.04 Å². The lowest BCUT2D eigenvalue weighted by molar-refractivity contribution is 0.599. The lowest BCUT2D eigenvalue weighted by Gasteiger charge is -2.17. The Labute approximate surface area is 112 Å². The molecule has 3 heteroatoms. The Morgan fingerprint density at radius 2 is 2.18 bits per heavy atom. The molecule has 2 heterocycles. The molecule has 0 amide bonds. The zero-order valence-electron chi connectivity index (χ0n) is 10.6. The highest BCUT2D eigenvalue weighted by molar-refractivity contribution is 7.12. The Kier molecular flexibility index (Phi) is 4.37. The molecule has 2 aromatic heterocycles. The van der Waals surface area contributed by atoms with E-state index >= 15 is 0 Å². The summed E-state index contributed by atoms with van der Waals surface area (Å²) in [6.07, 6.45) is 1.17. The highest BCUT2D eigenvalue weighted by Gasteiger charge is 2.17. The molecule has 1 N–H and O–H groups in total. The van der Waals surface area contributed by atoms with Crippen LogP contribution in [0.25, 0.3) is 0 Å². The lowest BCUT2D eigenvalue weighted by atomic mass is 10.0. The van der Waals surface area contributed by atoms with Crippen molar-refractivity contribution in [3.63, 3.8) is 0 Å². The predicted molar refractivity (Wildman–Crippen MR) is 78.2 cm³/mol. The number of nitrogens with one attached hydrogen (secondary N) is 1. The minimum atomic E-state index is 0.367. The SMILES string of the molecule is CCCNC(c1ccsc1)c1cc(C)sc1C. The molecule has 1 nitrogen and oxygen atoms in total. The molecule has 0 bridgehead atoms. The standard InChI is InChI=1S/C14H19NS2/c1-4-6-15-14(12-5-7-16-9-12)13-8-10(2)17-11(13)3/h5,7-9,14-15H,4,6H2,1-3H3. The molecule has 0 saturated carbocycles. The number of hydrogen-bond acceptors (Lipinski definition) is 3. The molecule has 0 aliphatic heterocycles. The van der Waals surface area contributed by atoms with E-state index in [4.69, 9.17) is 0 Å². The van der Waals surface area contributed by atoms with E-state index in [-0.39, 0.29) is 0 Å². The summed E-state index contributed by atoms with van der Waals surface area (Å²) in [5, 5.41) is 8.06. The molecule has 2 rings (SSSR count). The first kappa shape index (κ1) is 12.8. The molecular formula is C14H19NS2. The van der Waals surface area contributed by atoms with Gasteiger partial charge in [0.15, 0.2) is 0 Å². The maximum Gasteiger partial charge on any atom is 0.0595 e. The number of hydrogen-bond donors (Lipinski definition) is 1. The summed E-state index contributed by atoms with van der Waals surface area (Å²) in [4.78, 5) is 2.83. The minimum absolute atomic E-state index is 0.367. The molecule has 0 aromatic carbocycles. The maximum absolute atomic E-state index is 3.66. The van der Waals surface area contributed by atoms with Gasteiger partial charge < -0.3 is 5.32 Å². The Morgan fingerprint density at radius 1 is 1.35 bits per heavy atom. The van der Waals surface area contributed by atoms with Crippen LogP contribution in [0.1, 0.15) is 40.3 Å². The van der Waals surface area contributed by atoms with Gasteiger partial charge in [-0.3, -0.25) is 0 Å². The highest BCUT2D eigenvalue weighted by Crippen LogP contribution is 2.31. The van der Waals surface area contributed by atoms with Gasteiger partial charge in [-0.2, -0.15) is 11.3 Å². The Balaban J connectivity index is 2.30. The van der Waals surface area contributed by atoms with Crippen LogP contribution in [0.3, 0.4) is 0 Å². The first-order chi connectivity index (χ1) is 8.22. The van der Waals surface area contributed by atoms with Gasteiger partial charge in [0.2, 0.25) is 0 Å². The van der Waals surface area contributed by atoms with Crippen molar-refractivity contribution < 1.29 is 0 Å². The van der Waals surface area contributed by atoms with Crippen LogP contribution in [-0.4, -0.2) is 6.54 Å². The molecule has 2 aromatic rings. The van der Waals surface area contributed by atoms with E-state index in [0.717, 1.165) is 6.54 Å². The molecule has 0 aliphatic carbocycles. The van der Waals surface area contributed by atoms with Crippen LogP contribution in [-0.2, 0) is 0 Å². The molecule has 92 valence electrons. The second-order valence-electron chi connectivity index (χ2n) is 4.31. The monoisotopic (exact) mass is 265 g/mol. The zero-order valence-corrected chi connectivity index (χ0v) is 12.3. The van der Waals surface area contributed by atoms with E-state index in [9.17, 15) is 0 Å². The van der Waals surface area contributed by atoms with E-state index in [2.05, 4.69) is 49.0 Å². The Hall–Kier alpha value is -0.640. The van der Waals surface area contributed by atoms with Crippen molar-refractivity contribution in [1.82, 2.24) is 5.32 Å². The average Bonchev–Trinajstić information content (AvgIpc) is 2.90. The van der Waals surface area contributed by atoms with Crippen LogP contribution in [0.5, 0.6) is 0 Å². The third kappa shape index (κ3) is 2.97. The summed E-state index contributed by atoms with van der Waals surface area (Å²) in [6, 6.07) is 4.92. The highest BCUT2D eigenvalue weighted by atomic mass is 32.1. The van der Waals surface area contributed by atoms with Crippen LogP contribution >= 0.6 is 22.7 Å². The molecule has 0 spiro atoms. The van der Waals surface area contributed by atoms with Gasteiger partial charge >= 0.3 is 0 Å². The summed E-state index contributed by atoms with van der Waals surface area (Å²) in [5.41, 5.74) is 2.84. The van der Waals surface area contributed by atoms with E-state index in [0.29, 0.717) is 6.04 Å². The van der Waals surface area contributed by atoms with Gasteiger partial charge in [-0.25, -0.2) is 0 Å². The maximum atomic E-state index is 3.66. The largest absolute Gasteiger partial charge is 0.306 e. The van der Waals surface area contributed by atoms with Gasteiger partial charge in [0.25, 0.3) is 0 Å². The van der Waals surface area contributed by atoms with Gasteiger partial charge in [0.1, 0.15) is 0 Å². The fourth-order valence-corrected chi connectivity index (χ4v) is 3.72. The van der Waals surface area contributed by atoms with Crippen molar-refractivity contribution in [2.75, 3.05) is 6.54 Å². The second-order valence-corrected chi connectivity index (χ2v) is 6.55. The molecular weight excluding hydrogens is 246 g/mol. The lowest BCUT2D eigenvalue weighted by Crippen LogP contribution is -2.22. The van der Waals surface area contributed by atoms with Crippen LogP contribution in [0.2, 0.25) is 0 Å². The van der Waals surface area contributed by atoms with Gasteiger partial charge in [0, 0.05) is 9.75 Å². The van der Waals surface area contributed by atoms with Crippen molar-refractivity contribution in [3.8, 4) is 0 Å². The first-order valence-corrected chi connectivity index (χ1v) is 7.80. The van der Waals surface area contributed by atoms with Gasteiger partial charge in [-0.15, -0.1) is 11.3 Å².